The van der Waals surface area contributed by atoms with Crippen molar-refractivity contribution in [1.82, 2.24) is 15.3 Å². The molecule has 7 nitrogen and oxygen atoms in total. The summed E-state index contributed by atoms with van der Waals surface area (Å²) in [4.78, 5) is 30.8. The highest BCUT2D eigenvalue weighted by Crippen LogP contribution is 2.14. The van der Waals surface area contributed by atoms with E-state index in [9.17, 15) is 9.59 Å². The van der Waals surface area contributed by atoms with E-state index in [1.807, 2.05) is 30.3 Å². The number of carbonyl (C=O) groups excluding carboxylic acids is 2. The van der Waals surface area contributed by atoms with E-state index in [2.05, 4.69) is 20.6 Å². The lowest BCUT2D eigenvalue weighted by Crippen LogP contribution is -2.30. The smallest absolute Gasteiger partial charge is 0.312 e. The molecule has 2 aromatic rings. The number of benzene rings is 1. The summed E-state index contributed by atoms with van der Waals surface area (Å²) in [5.74, 6) is 0.501. The lowest BCUT2D eigenvalue weighted by Gasteiger charge is -2.06. The second-order valence-electron chi connectivity index (χ2n) is 4.96. The standard InChI is InChI=1S/C16H19N5O2/c17-16(23)18-9-5-4-8-14(22)21-13-10-19-15(20-11-13)12-6-2-1-3-7-12/h1-3,6-7,10-11H,4-5,8-9H2,(H,21,22)(H3,17,18,23). The number of nitrogens with zero attached hydrogens (tertiary/aromatic N) is 2. The van der Waals surface area contributed by atoms with Crippen LogP contribution < -0.4 is 16.4 Å². The Hall–Kier alpha value is -2.96. The van der Waals surface area contributed by atoms with Gasteiger partial charge in [0.15, 0.2) is 5.82 Å². The van der Waals surface area contributed by atoms with Crippen molar-refractivity contribution in [2.75, 3.05) is 11.9 Å². The van der Waals surface area contributed by atoms with Crippen molar-refractivity contribution in [3.8, 4) is 11.4 Å². The van der Waals surface area contributed by atoms with Crippen LogP contribution in [0.4, 0.5) is 10.5 Å². The predicted octanol–water partition coefficient (Wildman–Crippen LogP) is 1.92. The Balaban J connectivity index is 1.77. The van der Waals surface area contributed by atoms with Crippen LogP contribution in [-0.4, -0.2) is 28.5 Å². The zero-order valence-electron chi connectivity index (χ0n) is 12.7. The average Bonchev–Trinajstić information content (AvgIpc) is 2.56. The lowest BCUT2D eigenvalue weighted by molar-refractivity contribution is -0.116. The molecule has 3 amide bonds. The van der Waals surface area contributed by atoms with Crippen molar-refractivity contribution < 1.29 is 9.59 Å². The molecule has 0 atom stereocenters. The topological polar surface area (TPSA) is 110 Å². The van der Waals surface area contributed by atoms with Crippen LogP contribution in [0.2, 0.25) is 0 Å². The van der Waals surface area contributed by atoms with Gasteiger partial charge < -0.3 is 16.4 Å². The summed E-state index contributed by atoms with van der Waals surface area (Å²) < 4.78 is 0. The Morgan fingerprint density at radius 3 is 2.39 bits per heavy atom. The molecule has 7 heteroatoms. The summed E-state index contributed by atoms with van der Waals surface area (Å²) in [7, 11) is 0. The Morgan fingerprint density at radius 2 is 1.74 bits per heavy atom. The van der Waals surface area contributed by atoms with Crippen LogP contribution in [-0.2, 0) is 4.79 Å². The normalized spacial score (nSPS) is 10.1. The van der Waals surface area contributed by atoms with E-state index in [1.54, 1.807) is 12.4 Å². The lowest BCUT2D eigenvalue weighted by atomic mass is 10.2. The van der Waals surface area contributed by atoms with Crippen LogP contribution in [0.15, 0.2) is 42.7 Å². The van der Waals surface area contributed by atoms with Gasteiger partial charge in [0.05, 0.1) is 18.1 Å². The second kappa shape index (κ2) is 8.47. The van der Waals surface area contributed by atoms with E-state index in [-0.39, 0.29) is 5.91 Å². The third kappa shape index (κ3) is 5.74. The van der Waals surface area contributed by atoms with Crippen molar-refractivity contribution in [3.05, 3.63) is 42.7 Å². The number of hydrogen-bond donors (Lipinski definition) is 3. The number of nitrogens with one attached hydrogen (secondary N) is 2. The first-order chi connectivity index (χ1) is 11.1. The number of carbonyl (C=O) groups is 2. The molecule has 0 spiro atoms. The van der Waals surface area contributed by atoms with Crippen LogP contribution in [0.3, 0.4) is 0 Å². The zero-order valence-corrected chi connectivity index (χ0v) is 12.7. The molecule has 0 fully saturated rings. The summed E-state index contributed by atoms with van der Waals surface area (Å²) in [6.45, 7) is 0.470. The van der Waals surface area contributed by atoms with Gasteiger partial charge in [0, 0.05) is 18.5 Å². The first-order valence-electron chi connectivity index (χ1n) is 7.36. The first-order valence-corrected chi connectivity index (χ1v) is 7.36. The Kier molecular flexibility index (Phi) is 6.05. The summed E-state index contributed by atoms with van der Waals surface area (Å²) in [6.07, 6.45) is 4.89. The number of anilines is 1. The number of amides is 3. The van der Waals surface area contributed by atoms with Crippen molar-refractivity contribution in [1.29, 1.82) is 0 Å². The number of rotatable bonds is 7. The average molecular weight is 313 g/mol. The molecule has 0 saturated heterocycles. The highest BCUT2D eigenvalue weighted by molar-refractivity contribution is 5.90. The summed E-state index contributed by atoms with van der Waals surface area (Å²) in [5.41, 5.74) is 6.43. The molecule has 0 unspecified atom stereocenters. The largest absolute Gasteiger partial charge is 0.352 e. The number of hydrogen-bond acceptors (Lipinski definition) is 4. The van der Waals surface area contributed by atoms with Gasteiger partial charge in [-0.3, -0.25) is 4.79 Å². The minimum absolute atomic E-state index is 0.111. The molecule has 23 heavy (non-hydrogen) atoms. The molecule has 0 aliphatic heterocycles. The second-order valence-corrected chi connectivity index (χ2v) is 4.96. The summed E-state index contributed by atoms with van der Waals surface area (Å²) in [6, 6.07) is 9.06. The molecule has 1 aromatic heterocycles. The van der Waals surface area contributed by atoms with Crippen LogP contribution in [0.25, 0.3) is 11.4 Å². The Labute approximate surface area is 134 Å². The highest BCUT2D eigenvalue weighted by atomic mass is 16.2. The SMILES string of the molecule is NC(=O)NCCCCC(=O)Nc1cnc(-c2ccccc2)nc1. The number of unbranched alkanes of at least 4 members (excludes halogenated alkanes) is 1. The van der Waals surface area contributed by atoms with Crippen molar-refractivity contribution in [3.63, 3.8) is 0 Å². The van der Waals surface area contributed by atoms with Gasteiger partial charge in [0.25, 0.3) is 0 Å². The minimum atomic E-state index is -0.551. The first kappa shape index (κ1) is 16.4. The molecular weight excluding hydrogens is 294 g/mol. The molecule has 2 rings (SSSR count). The number of urea groups is 1. The zero-order chi connectivity index (χ0) is 16.5. The minimum Gasteiger partial charge on any atom is -0.352 e. The maximum absolute atomic E-state index is 11.8. The van der Waals surface area contributed by atoms with E-state index in [4.69, 9.17) is 5.73 Å². The molecule has 1 heterocycles. The molecule has 1 aromatic carbocycles. The van der Waals surface area contributed by atoms with E-state index in [1.165, 1.54) is 0 Å². The maximum Gasteiger partial charge on any atom is 0.312 e. The summed E-state index contributed by atoms with van der Waals surface area (Å²) >= 11 is 0. The van der Waals surface area contributed by atoms with E-state index >= 15 is 0 Å². The molecule has 120 valence electrons. The number of nitrogens with two attached hydrogens (primary N) is 1. The molecule has 0 bridgehead atoms. The van der Waals surface area contributed by atoms with Gasteiger partial charge in [0.1, 0.15) is 0 Å². The Bertz CT molecular complexity index is 643. The third-order valence-corrected chi connectivity index (χ3v) is 3.10. The van der Waals surface area contributed by atoms with Crippen LogP contribution in [0, 0.1) is 0 Å². The quantitative estimate of drug-likeness (QED) is 0.678. The fourth-order valence-electron chi connectivity index (χ4n) is 1.97. The molecular formula is C16H19N5O2. The Morgan fingerprint density at radius 1 is 1.04 bits per heavy atom. The van der Waals surface area contributed by atoms with E-state index in [0.717, 1.165) is 5.56 Å². The van der Waals surface area contributed by atoms with Crippen molar-refractivity contribution in [2.24, 2.45) is 5.73 Å². The fourth-order valence-corrected chi connectivity index (χ4v) is 1.97. The van der Waals surface area contributed by atoms with E-state index in [0.29, 0.717) is 37.3 Å². The van der Waals surface area contributed by atoms with Gasteiger partial charge in [-0.2, -0.15) is 0 Å². The van der Waals surface area contributed by atoms with Gasteiger partial charge in [0.2, 0.25) is 5.91 Å². The molecule has 0 saturated carbocycles. The van der Waals surface area contributed by atoms with Crippen molar-refractivity contribution >= 4 is 17.6 Å². The maximum atomic E-state index is 11.8. The predicted molar refractivity (Wildman–Crippen MR) is 87.5 cm³/mol. The number of primary amides is 1. The van der Waals surface area contributed by atoms with Gasteiger partial charge >= 0.3 is 6.03 Å². The van der Waals surface area contributed by atoms with Crippen LogP contribution in [0.1, 0.15) is 19.3 Å². The van der Waals surface area contributed by atoms with Crippen LogP contribution in [0.5, 0.6) is 0 Å². The molecule has 0 radical (unpaired) electrons. The van der Waals surface area contributed by atoms with Crippen molar-refractivity contribution in [2.45, 2.75) is 19.3 Å². The van der Waals surface area contributed by atoms with Gasteiger partial charge in [-0.05, 0) is 12.8 Å². The highest BCUT2D eigenvalue weighted by Gasteiger charge is 2.05. The molecule has 0 aliphatic carbocycles. The summed E-state index contributed by atoms with van der Waals surface area (Å²) in [5, 5.41) is 5.22. The van der Waals surface area contributed by atoms with Gasteiger partial charge in [-0.15, -0.1) is 0 Å². The van der Waals surface area contributed by atoms with Gasteiger partial charge in [-0.25, -0.2) is 14.8 Å². The molecule has 0 aliphatic rings. The van der Waals surface area contributed by atoms with Crippen LogP contribution >= 0.6 is 0 Å². The monoisotopic (exact) mass is 313 g/mol. The third-order valence-electron chi connectivity index (χ3n) is 3.10. The van der Waals surface area contributed by atoms with Gasteiger partial charge in [-0.1, -0.05) is 30.3 Å². The number of aromatic nitrogens is 2. The molecule has 4 N–H and O–H groups in total. The van der Waals surface area contributed by atoms with E-state index < -0.39 is 6.03 Å². The fraction of sp³-hybridized carbons (Fsp3) is 0.250.